The zero-order valence-corrected chi connectivity index (χ0v) is 17.1. The van der Waals surface area contributed by atoms with E-state index in [0.717, 1.165) is 37.7 Å². The fraction of sp³-hybridized carbons (Fsp3) is 0.364. The minimum Gasteiger partial charge on any atom is -0.435 e. The van der Waals surface area contributed by atoms with Gasteiger partial charge in [-0.1, -0.05) is 12.1 Å². The predicted octanol–water partition coefficient (Wildman–Crippen LogP) is 4.80. The molecule has 2 aliphatic rings. The lowest BCUT2D eigenvalue weighted by molar-refractivity contribution is -0.0498. The smallest absolute Gasteiger partial charge is 0.387 e. The van der Waals surface area contributed by atoms with Crippen LogP contribution >= 0.6 is 0 Å². The first-order chi connectivity index (χ1) is 15.5. The molecule has 10 heteroatoms. The molecule has 2 aromatic heterocycles. The molecule has 1 aliphatic heterocycles. The Balaban J connectivity index is 1.32. The highest BCUT2D eigenvalue weighted by atomic mass is 19.3. The van der Waals surface area contributed by atoms with Crippen LogP contribution in [0.3, 0.4) is 0 Å². The second-order valence-electron chi connectivity index (χ2n) is 8.21. The van der Waals surface area contributed by atoms with Gasteiger partial charge in [-0.25, -0.2) is 9.37 Å². The van der Waals surface area contributed by atoms with Crippen LogP contribution in [0, 0.1) is 11.2 Å². The molecule has 3 heterocycles. The molecular weight excluding hydrogens is 421 g/mol. The summed E-state index contributed by atoms with van der Waals surface area (Å²) in [5.74, 6) is 0.279. The van der Waals surface area contributed by atoms with Gasteiger partial charge in [0.1, 0.15) is 5.75 Å². The monoisotopic (exact) mass is 442 g/mol. The van der Waals surface area contributed by atoms with Gasteiger partial charge in [0.05, 0.1) is 12.4 Å². The highest BCUT2D eigenvalue weighted by Crippen LogP contribution is 2.53. The van der Waals surface area contributed by atoms with Crippen LogP contribution in [-0.4, -0.2) is 39.9 Å². The van der Waals surface area contributed by atoms with Gasteiger partial charge in [0, 0.05) is 18.7 Å². The van der Waals surface area contributed by atoms with Gasteiger partial charge < -0.3 is 15.0 Å². The van der Waals surface area contributed by atoms with Crippen LogP contribution < -0.4 is 15.0 Å². The SMILES string of the molecule is Fc1cnc(N2CCC3(CC2)CC3)nc1Nc1cc(-c2ccc(OC(F)F)cc2)cnn1. The van der Waals surface area contributed by atoms with Gasteiger partial charge in [-0.3, -0.25) is 0 Å². The average molecular weight is 442 g/mol. The molecule has 1 aliphatic carbocycles. The zero-order chi connectivity index (χ0) is 22.1. The lowest BCUT2D eigenvalue weighted by Crippen LogP contribution is -2.35. The maximum Gasteiger partial charge on any atom is 0.387 e. The molecular formula is C22H21F3N6O. The fourth-order valence-electron chi connectivity index (χ4n) is 3.99. The number of rotatable bonds is 6. The summed E-state index contributed by atoms with van der Waals surface area (Å²) >= 11 is 0. The molecule has 1 saturated heterocycles. The molecule has 0 bridgehead atoms. The molecule has 166 valence electrons. The van der Waals surface area contributed by atoms with E-state index in [2.05, 4.69) is 35.1 Å². The largest absolute Gasteiger partial charge is 0.435 e. The maximum atomic E-state index is 14.4. The lowest BCUT2D eigenvalue weighted by Gasteiger charge is -2.32. The first-order valence-electron chi connectivity index (χ1n) is 10.4. The summed E-state index contributed by atoms with van der Waals surface area (Å²) in [6.07, 6.45) is 7.52. The van der Waals surface area contributed by atoms with Crippen molar-refractivity contribution in [2.45, 2.75) is 32.3 Å². The van der Waals surface area contributed by atoms with Crippen LogP contribution in [0.4, 0.5) is 30.8 Å². The van der Waals surface area contributed by atoms with E-state index in [0.29, 0.717) is 22.7 Å². The Labute approximate surface area is 182 Å². The van der Waals surface area contributed by atoms with Crippen LogP contribution in [0.5, 0.6) is 5.75 Å². The molecule has 0 amide bonds. The van der Waals surface area contributed by atoms with Gasteiger partial charge >= 0.3 is 6.61 Å². The lowest BCUT2D eigenvalue weighted by atomic mass is 9.94. The molecule has 0 atom stereocenters. The van der Waals surface area contributed by atoms with Gasteiger partial charge in [-0.15, -0.1) is 5.10 Å². The summed E-state index contributed by atoms with van der Waals surface area (Å²) in [5.41, 5.74) is 1.92. The number of alkyl halides is 2. The van der Waals surface area contributed by atoms with E-state index < -0.39 is 12.4 Å². The van der Waals surface area contributed by atoms with Crippen molar-refractivity contribution in [3.63, 3.8) is 0 Å². The third kappa shape index (κ3) is 4.44. The highest BCUT2D eigenvalue weighted by Gasteiger charge is 2.44. The Morgan fingerprint density at radius 1 is 1.00 bits per heavy atom. The van der Waals surface area contributed by atoms with Crippen molar-refractivity contribution in [2.75, 3.05) is 23.3 Å². The summed E-state index contributed by atoms with van der Waals surface area (Å²) in [6, 6.07) is 7.82. The van der Waals surface area contributed by atoms with Crippen molar-refractivity contribution >= 4 is 17.6 Å². The number of benzene rings is 1. The Morgan fingerprint density at radius 2 is 1.75 bits per heavy atom. The highest BCUT2D eigenvalue weighted by molar-refractivity contribution is 5.67. The molecule has 1 spiro atoms. The predicted molar refractivity (Wildman–Crippen MR) is 112 cm³/mol. The number of anilines is 3. The third-order valence-electron chi connectivity index (χ3n) is 6.11. The van der Waals surface area contributed by atoms with E-state index in [1.165, 1.54) is 31.2 Å². The molecule has 2 fully saturated rings. The van der Waals surface area contributed by atoms with E-state index in [9.17, 15) is 13.2 Å². The minimum absolute atomic E-state index is 0.0221. The van der Waals surface area contributed by atoms with Gasteiger partial charge in [0.25, 0.3) is 0 Å². The van der Waals surface area contributed by atoms with Gasteiger partial charge in [-0.2, -0.15) is 18.9 Å². The van der Waals surface area contributed by atoms with Crippen LogP contribution in [0.15, 0.2) is 42.7 Å². The quantitative estimate of drug-likeness (QED) is 0.588. The number of hydrogen-bond donors (Lipinski definition) is 1. The molecule has 1 aromatic carbocycles. The maximum absolute atomic E-state index is 14.4. The van der Waals surface area contributed by atoms with Gasteiger partial charge in [0.15, 0.2) is 17.5 Å². The summed E-state index contributed by atoms with van der Waals surface area (Å²) in [5, 5.41) is 10.8. The standard InChI is InChI=1S/C22H21F3N6O/c23-17-13-26-21(31-9-7-22(5-6-22)8-10-31)29-19(17)28-18-11-15(12-27-30-18)14-1-3-16(4-2-14)32-20(24)25/h1-4,11-13,20H,5-10H2,(H,26,28,29,30). The Morgan fingerprint density at radius 3 is 2.44 bits per heavy atom. The van der Waals surface area contributed by atoms with Crippen molar-refractivity contribution < 1.29 is 17.9 Å². The second kappa shape index (κ2) is 8.25. The average Bonchev–Trinajstić information content (AvgIpc) is 3.55. The molecule has 3 aromatic rings. The van der Waals surface area contributed by atoms with Crippen LogP contribution in [0.1, 0.15) is 25.7 Å². The van der Waals surface area contributed by atoms with Crippen molar-refractivity contribution in [2.24, 2.45) is 5.41 Å². The first-order valence-corrected chi connectivity index (χ1v) is 10.4. The van der Waals surface area contributed by atoms with Crippen LogP contribution in [0.25, 0.3) is 11.1 Å². The van der Waals surface area contributed by atoms with Crippen molar-refractivity contribution in [3.05, 3.63) is 48.5 Å². The molecule has 0 unspecified atom stereocenters. The Kier molecular flexibility index (Phi) is 5.28. The van der Waals surface area contributed by atoms with Crippen molar-refractivity contribution in [1.29, 1.82) is 0 Å². The number of ether oxygens (including phenoxy) is 1. The van der Waals surface area contributed by atoms with Crippen LogP contribution in [0.2, 0.25) is 0 Å². The zero-order valence-electron chi connectivity index (χ0n) is 17.1. The number of halogens is 3. The van der Waals surface area contributed by atoms with E-state index in [1.54, 1.807) is 18.2 Å². The first kappa shape index (κ1) is 20.5. The molecule has 1 saturated carbocycles. The summed E-state index contributed by atoms with van der Waals surface area (Å²) in [6.45, 7) is -1.15. The molecule has 5 rings (SSSR count). The number of piperidine rings is 1. The summed E-state index contributed by atoms with van der Waals surface area (Å²) in [7, 11) is 0. The van der Waals surface area contributed by atoms with E-state index in [4.69, 9.17) is 0 Å². The van der Waals surface area contributed by atoms with Gasteiger partial charge in [-0.05, 0) is 54.9 Å². The fourth-order valence-corrected chi connectivity index (χ4v) is 3.99. The summed E-state index contributed by atoms with van der Waals surface area (Å²) in [4.78, 5) is 10.6. The number of aromatic nitrogens is 4. The molecule has 0 radical (unpaired) electrons. The van der Waals surface area contributed by atoms with Gasteiger partial charge in [0.2, 0.25) is 5.95 Å². The topological polar surface area (TPSA) is 76.1 Å². The number of nitrogens with one attached hydrogen (secondary N) is 1. The normalized spacial score (nSPS) is 16.9. The van der Waals surface area contributed by atoms with Crippen molar-refractivity contribution in [1.82, 2.24) is 20.2 Å². The third-order valence-corrected chi connectivity index (χ3v) is 6.11. The molecule has 7 nitrogen and oxygen atoms in total. The molecule has 1 N–H and O–H groups in total. The number of nitrogens with zero attached hydrogens (tertiary/aromatic N) is 5. The Bertz CT molecular complexity index is 1100. The second-order valence-corrected chi connectivity index (χ2v) is 8.21. The van der Waals surface area contributed by atoms with Crippen molar-refractivity contribution in [3.8, 4) is 16.9 Å². The van der Waals surface area contributed by atoms with E-state index in [-0.39, 0.29) is 11.6 Å². The van der Waals surface area contributed by atoms with E-state index >= 15 is 0 Å². The Hall–Kier alpha value is -3.43. The van der Waals surface area contributed by atoms with Crippen LogP contribution in [-0.2, 0) is 0 Å². The number of hydrogen-bond acceptors (Lipinski definition) is 7. The van der Waals surface area contributed by atoms with E-state index in [1.807, 2.05) is 0 Å². The summed E-state index contributed by atoms with van der Waals surface area (Å²) < 4.78 is 43.4. The minimum atomic E-state index is -2.88. The molecule has 32 heavy (non-hydrogen) atoms.